The lowest BCUT2D eigenvalue weighted by molar-refractivity contribution is -0.217. The monoisotopic (exact) mass is 370 g/mol. The Labute approximate surface area is 160 Å². The number of phenolic OH excluding ortho intramolecular Hbond substituents is 1. The molecule has 0 aromatic heterocycles. The van der Waals surface area contributed by atoms with Crippen molar-refractivity contribution in [2.24, 2.45) is 11.8 Å². The van der Waals surface area contributed by atoms with E-state index in [0.717, 1.165) is 43.8 Å². The Balaban J connectivity index is 1.58. The molecule has 6 rings (SSSR count). The number of phenols is 1. The molecule has 5 heteroatoms. The fourth-order valence-electron chi connectivity index (χ4n) is 7.20. The van der Waals surface area contributed by atoms with E-state index in [1.165, 1.54) is 18.4 Å². The molecule has 3 N–H and O–H groups in total. The van der Waals surface area contributed by atoms with Gasteiger partial charge in [0.25, 0.3) is 0 Å². The van der Waals surface area contributed by atoms with Gasteiger partial charge in [0.2, 0.25) is 0 Å². The number of nitrogens with one attached hydrogen (secondary N) is 1. The Hall–Kier alpha value is -1.30. The van der Waals surface area contributed by atoms with Crippen molar-refractivity contribution in [3.8, 4) is 11.5 Å². The molecule has 1 aromatic carbocycles. The number of likely N-dealkylation sites (N-methyl/N-ethyl adjacent to an activating group) is 1. The minimum atomic E-state index is -0.801. The highest BCUT2D eigenvalue weighted by atomic mass is 16.5. The second-order valence-corrected chi connectivity index (χ2v) is 9.72. The van der Waals surface area contributed by atoms with E-state index < -0.39 is 11.0 Å². The molecule has 2 bridgehead atoms. The van der Waals surface area contributed by atoms with Crippen molar-refractivity contribution in [1.82, 2.24) is 10.2 Å². The molecular weight excluding hydrogens is 340 g/mol. The van der Waals surface area contributed by atoms with Crippen molar-refractivity contribution < 1.29 is 14.9 Å². The first-order valence-corrected chi connectivity index (χ1v) is 10.7. The van der Waals surface area contributed by atoms with Gasteiger partial charge >= 0.3 is 0 Å². The number of hydrogen-bond donors (Lipinski definition) is 3. The maximum atomic E-state index is 12.5. The zero-order valence-electron chi connectivity index (χ0n) is 16.2. The van der Waals surface area contributed by atoms with Gasteiger partial charge in [0.15, 0.2) is 11.5 Å². The van der Waals surface area contributed by atoms with Crippen LogP contribution in [0.1, 0.15) is 43.7 Å². The third-order valence-corrected chi connectivity index (χ3v) is 8.55. The summed E-state index contributed by atoms with van der Waals surface area (Å²) in [4.78, 5) is 2.59. The van der Waals surface area contributed by atoms with Crippen LogP contribution in [0.5, 0.6) is 11.5 Å². The first kappa shape index (κ1) is 16.6. The second-order valence-electron chi connectivity index (χ2n) is 9.72. The fraction of sp³-hybridized carbons (Fsp3) is 0.727. The second kappa shape index (κ2) is 5.19. The molecule has 0 radical (unpaired) electrons. The summed E-state index contributed by atoms with van der Waals surface area (Å²) in [6.07, 6.45) is 5.23. The number of benzene rings is 1. The zero-order chi connectivity index (χ0) is 18.6. The van der Waals surface area contributed by atoms with E-state index in [9.17, 15) is 10.2 Å². The van der Waals surface area contributed by atoms with Crippen molar-refractivity contribution in [3.63, 3.8) is 0 Å². The normalized spacial score (nSPS) is 44.7. The lowest BCUT2D eigenvalue weighted by Crippen LogP contribution is -2.80. The molecule has 0 amide bonds. The van der Waals surface area contributed by atoms with E-state index >= 15 is 0 Å². The van der Waals surface area contributed by atoms with Crippen LogP contribution in [-0.2, 0) is 11.8 Å². The third-order valence-electron chi connectivity index (χ3n) is 8.55. The van der Waals surface area contributed by atoms with Crippen molar-refractivity contribution in [2.75, 3.05) is 20.1 Å². The first-order chi connectivity index (χ1) is 13.0. The van der Waals surface area contributed by atoms with Crippen molar-refractivity contribution >= 4 is 0 Å². The quantitative estimate of drug-likeness (QED) is 0.757. The van der Waals surface area contributed by atoms with Crippen LogP contribution in [0.3, 0.4) is 0 Å². The van der Waals surface area contributed by atoms with E-state index in [1.54, 1.807) is 6.07 Å². The smallest absolute Gasteiger partial charge is 0.165 e. The lowest BCUT2D eigenvalue weighted by atomic mass is 9.45. The highest BCUT2D eigenvalue weighted by molar-refractivity contribution is 5.62. The SMILES string of the molecule is CNC1CC(C)[C@@]2(O)[C@H]3Cc4ccc(O)c5c4[C@@]2(CCN3CC2CC2)C1O5. The molecule has 146 valence electrons. The Bertz CT molecular complexity index is 809. The molecule has 2 heterocycles. The zero-order valence-corrected chi connectivity index (χ0v) is 16.2. The third kappa shape index (κ3) is 1.82. The van der Waals surface area contributed by atoms with Crippen LogP contribution in [0.2, 0.25) is 0 Å². The summed E-state index contributed by atoms with van der Waals surface area (Å²) in [6.45, 7) is 4.36. The van der Waals surface area contributed by atoms with Crippen LogP contribution in [0.15, 0.2) is 12.1 Å². The number of likely N-dealkylation sites (tertiary alicyclic amines) is 1. The molecule has 5 aliphatic rings. The van der Waals surface area contributed by atoms with Crippen LogP contribution in [0.25, 0.3) is 0 Å². The van der Waals surface area contributed by atoms with E-state index in [1.807, 2.05) is 7.05 Å². The van der Waals surface area contributed by atoms with Crippen LogP contribution >= 0.6 is 0 Å². The number of piperidine rings is 1. The van der Waals surface area contributed by atoms with Crippen LogP contribution in [0, 0.1) is 11.8 Å². The van der Waals surface area contributed by atoms with Crippen LogP contribution in [0.4, 0.5) is 0 Å². The molecule has 1 saturated heterocycles. The number of aliphatic hydroxyl groups is 1. The summed E-state index contributed by atoms with van der Waals surface area (Å²) in [5, 5.41) is 26.5. The molecular formula is C22H30N2O3. The predicted molar refractivity (Wildman–Crippen MR) is 102 cm³/mol. The van der Waals surface area contributed by atoms with Gasteiger partial charge in [-0.2, -0.15) is 0 Å². The van der Waals surface area contributed by atoms with E-state index in [0.29, 0.717) is 5.75 Å². The Morgan fingerprint density at radius 3 is 2.89 bits per heavy atom. The Morgan fingerprint density at radius 2 is 2.15 bits per heavy atom. The number of aromatic hydroxyl groups is 1. The van der Waals surface area contributed by atoms with Gasteiger partial charge in [-0.05, 0) is 69.2 Å². The minimum Gasteiger partial charge on any atom is -0.504 e. The topological polar surface area (TPSA) is 65.0 Å². The van der Waals surface area contributed by atoms with Crippen molar-refractivity contribution in [3.05, 3.63) is 23.3 Å². The highest BCUT2D eigenvalue weighted by Gasteiger charge is 2.74. The maximum absolute atomic E-state index is 12.5. The van der Waals surface area contributed by atoms with Crippen LogP contribution < -0.4 is 10.1 Å². The van der Waals surface area contributed by atoms with Gasteiger partial charge in [-0.3, -0.25) is 4.90 Å². The fourth-order valence-corrected chi connectivity index (χ4v) is 7.20. The average Bonchev–Trinajstić information content (AvgIpc) is 3.39. The number of ether oxygens (including phenoxy) is 1. The van der Waals surface area contributed by atoms with Gasteiger partial charge in [-0.25, -0.2) is 0 Å². The summed E-state index contributed by atoms with van der Waals surface area (Å²) in [6, 6.07) is 4.19. The van der Waals surface area contributed by atoms with Crippen molar-refractivity contribution in [1.29, 1.82) is 0 Å². The molecule has 3 unspecified atom stereocenters. The van der Waals surface area contributed by atoms with Gasteiger partial charge in [0, 0.05) is 24.2 Å². The summed E-state index contributed by atoms with van der Waals surface area (Å²) in [5.41, 5.74) is 1.17. The molecule has 2 aliphatic heterocycles. The summed E-state index contributed by atoms with van der Waals surface area (Å²) in [7, 11) is 1.99. The van der Waals surface area contributed by atoms with Crippen molar-refractivity contribution in [2.45, 2.75) is 68.2 Å². The highest BCUT2D eigenvalue weighted by Crippen LogP contribution is 2.66. The summed E-state index contributed by atoms with van der Waals surface area (Å²) < 4.78 is 6.46. The minimum absolute atomic E-state index is 0.114. The molecule has 6 atom stereocenters. The van der Waals surface area contributed by atoms with Gasteiger partial charge in [0.1, 0.15) is 6.10 Å². The summed E-state index contributed by atoms with van der Waals surface area (Å²) in [5.74, 6) is 1.86. The van der Waals surface area contributed by atoms with E-state index in [4.69, 9.17) is 4.74 Å². The van der Waals surface area contributed by atoms with Gasteiger partial charge in [0.05, 0.1) is 11.0 Å². The lowest BCUT2D eigenvalue weighted by Gasteiger charge is -2.66. The van der Waals surface area contributed by atoms with Gasteiger partial charge < -0.3 is 20.3 Å². The molecule has 1 aromatic rings. The molecule has 3 aliphatic carbocycles. The standard InChI is InChI=1S/C22H30N2O3/c1-12-9-15(23-2)20-21-7-8-24(11-13-3-4-13)17(22(12,21)26)10-14-5-6-16(25)19(27-20)18(14)21/h5-6,12-13,15,17,20,23,25-26H,3-4,7-11H2,1-2H3/t12?,15?,17-,20?,21+,22-/m1/s1. The van der Waals surface area contributed by atoms with E-state index in [2.05, 4.69) is 23.2 Å². The first-order valence-electron chi connectivity index (χ1n) is 10.7. The molecule has 5 nitrogen and oxygen atoms in total. The summed E-state index contributed by atoms with van der Waals surface area (Å²) >= 11 is 0. The van der Waals surface area contributed by atoms with E-state index in [-0.39, 0.29) is 29.9 Å². The number of rotatable bonds is 3. The Morgan fingerprint density at radius 1 is 1.33 bits per heavy atom. The Kier molecular flexibility index (Phi) is 3.20. The van der Waals surface area contributed by atoms with Gasteiger partial charge in [-0.1, -0.05) is 13.0 Å². The van der Waals surface area contributed by atoms with Crippen LogP contribution in [-0.4, -0.2) is 59.0 Å². The largest absolute Gasteiger partial charge is 0.504 e. The van der Waals surface area contributed by atoms with Gasteiger partial charge in [-0.15, -0.1) is 0 Å². The maximum Gasteiger partial charge on any atom is 0.165 e. The molecule has 3 fully saturated rings. The number of hydrogen-bond acceptors (Lipinski definition) is 5. The molecule has 1 spiro atoms. The molecule has 27 heavy (non-hydrogen) atoms. The number of nitrogens with zero attached hydrogens (tertiary/aromatic N) is 1. The average molecular weight is 370 g/mol. The molecule has 2 saturated carbocycles. The predicted octanol–water partition coefficient (Wildman–Crippen LogP) is 1.79.